The molecule has 1 aromatic heterocycles. The molecule has 3 aromatic rings. The minimum atomic E-state index is -0.366. The largest absolute Gasteiger partial charge is 0.488 e. The smallest absolute Gasteiger partial charge is 0.368 e. The van der Waals surface area contributed by atoms with Crippen LogP contribution in [-0.4, -0.2) is 19.8 Å². The van der Waals surface area contributed by atoms with Crippen molar-refractivity contribution in [2.24, 2.45) is 7.05 Å². The summed E-state index contributed by atoms with van der Waals surface area (Å²) in [6.45, 7) is 4.05. The van der Waals surface area contributed by atoms with E-state index >= 15 is 0 Å². The fourth-order valence-corrected chi connectivity index (χ4v) is 2.79. The topological polar surface area (TPSA) is 61.9 Å². The number of tetrazole rings is 1. The highest BCUT2D eigenvalue weighted by molar-refractivity contribution is 6.31. The van der Waals surface area contributed by atoms with E-state index in [1.807, 2.05) is 19.9 Å². The quantitative estimate of drug-likeness (QED) is 0.664. The van der Waals surface area contributed by atoms with E-state index in [4.69, 9.17) is 22.8 Å². The molecule has 0 radical (unpaired) electrons. The van der Waals surface area contributed by atoms with E-state index in [-0.39, 0.29) is 12.3 Å². The first-order valence-electron chi connectivity index (χ1n) is 7.89. The number of nitrogens with zero attached hydrogens (tertiary/aromatic N) is 4. The van der Waals surface area contributed by atoms with Crippen LogP contribution in [0.2, 0.25) is 5.02 Å². The Kier molecular flexibility index (Phi) is 4.83. The molecule has 0 unspecified atom stereocenters. The molecule has 0 amide bonds. The minimum absolute atomic E-state index is 0.166. The van der Waals surface area contributed by atoms with Gasteiger partial charge in [-0.25, -0.2) is 4.79 Å². The van der Waals surface area contributed by atoms with Crippen molar-refractivity contribution in [3.8, 4) is 23.8 Å². The van der Waals surface area contributed by atoms with Crippen LogP contribution in [0.3, 0.4) is 0 Å². The van der Waals surface area contributed by atoms with Gasteiger partial charge in [0, 0.05) is 23.2 Å². The van der Waals surface area contributed by atoms with Gasteiger partial charge in [-0.15, -0.1) is 6.42 Å². The molecule has 0 fully saturated rings. The average Bonchev–Trinajstić information content (AvgIpc) is 2.95. The maximum Gasteiger partial charge on any atom is 0.368 e. The Balaban J connectivity index is 2.03. The van der Waals surface area contributed by atoms with Crippen LogP contribution < -0.4 is 10.4 Å². The number of aromatic nitrogens is 4. The number of ether oxygens (including phenoxy) is 1. The summed E-state index contributed by atoms with van der Waals surface area (Å²) in [4.78, 5) is 12.2. The van der Waals surface area contributed by atoms with Crippen molar-refractivity contribution in [1.29, 1.82) is 0 Å². The SMILES string of the molecule is C#Cc1cccc(-n2nnn(C)c2=O)c1COc1cc(Cl)c(C)cc1C. The Hall–Kier alpha value is -3.04. The molecule has 0 N–H and O–H groups in total. The van der Waals surface area contributed by atoms with Crippen LogP contribution in [0.15, 0.2) is 35.1 Å². The summed E-state index contributed by atoms with van der Waals surface area (Å²) in [5.41, 5.74) is 3.41. The number of hydrogen-bond acceptors (Lipinski definition) is 4. The second-order valence-corrected chi connectivity index (χ2v) is 6.31. The van der Waals surface area contributed by atoms with Crippen LogP contribution >= 0.6 is 11.6 Å². The average molecular weight is 369 g/mol. The Morgan fingerprint density at radius 1 is 1.23 bits per heavy atom. The van der Waals surface area contributed by atoms with E-state index < -0.39 is 0 Å². The standard InChI is InChI=1S/C19H17ClN4O2/c1-5-14-7-6-8-17(24-19(25)23(4)21-22-24)15(14)11-26-18-10-16(20)12(2)9-13(18)3/h1,6-10H,11H2,2-4H3. The van der Waals surface area contributed by atoms with Gasteiger partial charge >= 0.3 is 5.69 Å². The summed E-state index contributed by atoms with van der Waals surface area (Å²) in [7, 11) is 1.53. The van der Waals surface area contributed by atoms with Gasteiger partial charge in [0.1, 0.15) is 12.4 Å². The molecule has 6 nitrogen and oxygen atoms in total. The summed E-state index contributed by atoms with van der Waals surface area (Å²) in [6, 6.07) is 9.05. The third kappa shape index (κ3) is 3.22. The molecule has 0 aliphatic heterocycles. The van der Waals surface area contributed by atoms with Gasteiger partial charge in [-0.3, -0.25) is 0 Å². The molecule has 132 valence electrons. The lowest BCUT2D eigenvalue weighted by Gasteiger charge is -2.14. The van der Waals surface area contributed by atoms with Crippen LogP contribution in [0.25, 0.3) is 5.69 Å². The van der Waals surface area contributed by atoms with Gasteiger partial charge in [0.15, 0.2) is 0 Å². The Morgan fingerprint density at radius 2 is 2.00 bits per heavy atom. The summed E-state index contributed by atoms with van der Waals surface area (Å²) >= 11 is 6.20. The highest BCUT2D eigenvalue weighted by atomic mass is 35.5. The second-order valence-electron chi connectivity index (χ2n) is 5.90. The van der Waals surface area contributed by atoms with E-state index in [9.17, 15) is 4.79 Å². The lowest BCUT2D eigenvalue weighted by Crippen LogP contribution is -2.23. The van der Waals surface area contributed by atoms with Crippen molar-refractivity contribution in [3.05, 3.63) is 68.1 Å². The maximum atomic E-state index is 12.2. The molecule has 0 saturated carbocycles. The molecule has 3 rings (SSSR count). The maximum absolute atomic E-state index is 12.2. The van der Waals surface area contributed by atoms with Gasteiger partial charge in [-0.05, 0) is 53.6 Å². The van der Waals surface area contributed by atoms with Gasteiger partial charge in [0.05, 0.1) is 5.69 Å². The van der Waals surface area contributed by atoms with Gasteiger partial charge in [-0.2, -0.15) is 9.36 Å². The fourth-order valence-electron chi connectivity index (χ4n) is 2.64. The Morgan fingerprint density at radius 3 is 2.65 bits per heavy atom. The zero-order chi connectivity index (χ0) is 18.8. The van der Waals surface area contributed by atoms with Gasteiger partial charge < -0.3 is 4.74 Å². The highest BCUT2D eigenvalue weighted by Crippen LogP contribution is 2.28. The lowest BCUT2D eigenvalue weighted by molar-refractivity contribution is 0.303. The lowest BCUT2D eigenvalue weighted by atomic mass is 10.1. The molecule has 0 aliphatic carbocycles. The van der Waals surface area contributed by atoms with E-state index in [1.165, 1.54) is 11.7 Å². The van der Waals surface area contributed by atoms with Crippen molar-refractivity contribution < 1.29 is 4.74 Å². The third-order valence-corrected chi connectivity index (χ3v) is 4.49. The van der Waals surface area contributed by atoms with Crippen LogP contribution in [0.5, 0.6) is 5.75 Å². The van der Waals surface area contributed by atoms with Crippen molar-refractivity contribution >= 4 is 11.6 Å². The molecule has 0 aliphatic rings. The van der Waals surface area contributed by atoms with Gasteiger partial charge in [-0.1, -0.05) is 29.7 Å². The minimum Gasteiger partial charge on any atom is -0.488 e. The van der Waals surface area contributed by atoms with Crippen molar-refractivity contribution in [3.63, 3.8) is 0 Å². The molecule has 0 spiro atoms. The summed E-state index contributed by atoms with van der Waals surface area (Å²) in [5, 5.41) is 8.27. The molecule has 1 heterocycles. The Bertz CT molecular complexity index is 1080. The molecule has 26 heavy (non-hydrogen) atoms. The number of benzene rings is 2. The normalized spacial score (nSPS) is 10.6. The molecule has 0 bridgehead atoms. The first kappa shape index (κ1) is 17.8. The number of hydrogen-bond donors (Lipinski definition) is 0. The molecule has 0 saturated heterocycles. The number of rotatable bonds is 4. The van der Waals surface area contributed by atoms with E-state index in [2.05, 4.69) is 16.3 Å². The zero-order valence-electron chi connectivity index (χ0n) is 14.7. The van der Waals surface area contributed by atoms with Gasteiger partial charge in [0.25, 0.3) is 0 Å². The zero-order valence-corrected chi connectivity index (χ0v) is 15.4. The Labute approximate surface area is 156 Å². The van der Waals surface area contributed by atoms with Crippen LogP contribution in [0.1, 0.15) is 22.3 Å². The summed E-state index contributed by atoms with van der Waals surface area (Å²) in [6.07, 6.45) is 5.63. The van der Waals surface area contributed by atoms with E-state index in [0.717, 1.165) is 15.8 Å². The third-order valence-electron chi connectivity index (χ3n) is 4.08. The second kappa shape index (κ2) is 7.06. The van der Waals surface area contributed by atoms with E-state index in [0.29, 0.717) is 27.6 Å². The molecule has 2 aromatic carbocycles. The summed E-state index contributed by atoms with van der Waals surface area (Å²) in [5.74, 6) is 3.28. The number of halogens is 1. The fraction of sp³-hybridized carbons (Fsp3) is 0.211. The van der Waals surface area contributed by atoms with Crippen molar-refractivity contribution in [1.82, 2.24) is 19.8 Å². The molecular formula is C19H17ClN4O2. The molecular weight excluding hydrogens is 352 g/mol. The number of aryl methyl sites for hydroxylation is 3. The first-order chi connectivity index (χ1) is 12.4. The van der Waals surface area contributed by atoms with Crippen molar-refractivity contribution in [2.75, 3.05) is 0 Å². The van der Waals surface area contributed by atoms with Crippen LogP contribution in [0, 0.1) is 26.2 Å². The molecule has 7 heteroatoms. The van der Waals surface area contributed by atoms with Gasteiger partial charge in [0.2, 0.25) is 0 Å². The predicted molar refractivity (Wildman–Crippen MR) is 99.8 cm³/mol. The predicted octanol–water partition coefficient (Wildman–Crippen LogP) is 2.80. The van der Waals surface area contributed by atoms with Crippen molar-refractivity contribution in [2.45, 2.75) is 20.5 Å². The van der Waals surface area contributed by atoms with E-state index in [1.54, 1.807) is 24.3 Å². The monoisotopic (exact) mass is 368 g/mol. The van der Waals surface area contributed by atoms with Crippen LogP contribution in [-0.2, 0) is 13.7 Å². The summed E-state index contributed by atoms with van der Waals surface area (Å²) < 4.78 is 8.31. The first-order valence-corrected chi connectivity index (χ1v) is 8.27. The number of terminal acetylenes is 1. The highest BCUT2D eigenvalue weighted by Gasteiger charge is 2.15. The van der Waals surface area contributed by atoms with Crippen LogP contribution in [0.4, 0.5) is 0 Å². The molecule has 0 atom stereocenters.